The first-order valence-electron chi connectivity index (χ1n) is 32.3. The van der Waals surface area contributed by atoms with Crippen molar-refractivity contribution in [3.05, 3.63) is 48.6 Å². The number of esters is 2. The Bertz CT molecular complexity index is 1380. The summed E-state index contributed by atoms with van der Waals surface area (Å²) in [5.41, 5.74) is 0. The molecule has 0 aromatic heterocycles. The molecule has 0 heterocycles. The largest absolute Gasteiger partial charge is 0.477 e. The van der Waals surface area contributed by atoms with Crippen molar-refractivity contribution >= 4 is 17.9 Å². The first-order valence-corrected chi connectivity index (χ1v) is 32.3. The number of unbranched alkanes of at least 4 members (excludes halogenated alkanes) is 37. The van der Waals surface area contributed by atoms with Gasteiger partial charge in [-0.3, -0.25) is 9.59 Å². The van der Waals surface area contributed by atoms with Gasteiger partial charge < -0.3 is 28.5 Å². The maximum absolute atomic E-state index is 12.9. The van der Waals surface area contributed by atoms with Gasteiger partial charge in [-0.1, -0.05) is 262 Å². The van der Waals surface area contributed by atoms with Gasteiger partial charge in [0.1, 0.15) is 13.2 Å². The van der Waals surface area contributed by atoms with E-state index in [1.165, 1.54) is 225 Å². The van der Waals surface area contributed by atoms with Crippen LogP contribution in [0.3, 0.4) is 0 Å². The van der Waals surface area contributed by atoms with E-state index in [4.69, 9.17) is 18.9 Å². The highest BCUT2D eigenvalue weighted by Crippen LogP contribution is 2.17. The van der Waals surface area contributed by atoms with E-state index < -0.39 is 24.3 Å². The molecule has 1 N–H and O–H groups in total. The molecule has 0 saturated heterocycles. The fraction of sp³-hybridized carbons (Fsp3) is 0.836. The van der Waals surface area contributed by atoms with Crippen molar-refractivity contribution < 1.29 is 42.9 Å². The van der Waals surface area contributed by atoms with E-state index in [-0.39, 0.29) is 32.2 Å². The topological polar surface area (TPSA) is 108 Å². The van der Waals surface area contributed by atoms with Crippen molar-refractivity contribution in [1.82, 2.24) is 0 Å². The lowest BCUT2D eigenvalue weighted by Crippen LogP contribution is -2.40. The zero-order valence-corrected chi connectivity index (χ0v) is 50.7. The van der Waals surface area contributed by atoms with Crippen LogP contribution in [-0.2, 0) is 33.3 Å². The van der Waals surface area contributed by atoms with E-state index in [9.17, 15) is 19.5 Å². The standard InChI is InChI=1S/C67H123NO8/c1-6-8-10-12-14-16-18-20-22-24-26-27-28-29-30-31-32-33-34-35-36-37-38-39-40-42-44-46-48-50-52-54-56-58-65(70)76-63(62-75-67(66(71)72)73-60-59-68(3,4)5)61-74-64(69)57-55-53-51-49-47-45-43-41-25-23-21-19-17-15-13-11-9-7-2/h18,20,23-26,28-29,63,67H,6-17,19,21-22,27,30-62H2,1-5H3/p+1/b20-18-,25-23-,26-24-,29-28-. The van der Waals surface area contributed by atoms with Crippen molar-refractivity contribution in [1.29, 1.82) is 0 Å². The van der Waals surface area contributed by atoms with Crippen LogP contribution in [0.15, 0.2) is 48.6 Å². The molecule has 9 heteroatoms. The molecule has 0 aliphatic carbocycles. The van der Waals surface area contributed by atoms with Gasteiger partial charge >= 0.3 is 17.9 Å². The minimum atomic E-state index is -1.51. The first-order chi connectivity index (χ1) is 37.1. The highest BCUT2D eigenvalue weighted by atomic mass is 16.7. The van der Waals surface area contributed by atoms with E-state index in [1.807, 2.05) is 21.1 Å². The molecule has 0 spiro atoms. The molecule has 0 aromatic carbocycles. The lowest BCUT2D eigenvalue weighted by atomic mass is 10.0. The molecule has 0 bridgehead atoms. The van der Waals surface area contributed by atoms with E-state index in [2.05, 4.69) is 62.5 Å². The van der Waals surface area contributed by atoms with Gasteiger partial charge in [-0.15, -0.1) is 0 Å². The zero-order valence-electron chi connectivity index (χ0n) is 50.7. The van der Waals surface area contributed by atoms with Crippen LogP contribution >= 0.6 is 0 Å². The molecule has 0 radical (unpaired) electrons. The molecule has 2 unspecified atom stereocenters. The summed E-state index contributed by atoms with van der Waals surface area (Å²) in [6, 6.07) is 0. The number of hydrogen-bond acceptors (Lipinski definition) is 7. The summed E-state index contributed by atoms with van der Waals surface area (Å²) < 4.78 is 22.9. The summed E-state index contributed by atoms with van der Waals surface area (Å²) >= 11 is 0. The van der Waals surface area contributed by atoms with Gasteiger partial charge in [0.2, 0.25) is 0 Å². The fourth-order valence-corrected chi connectivity index (χ4v) is 9.31. The summed E-state index contributed by atoms with van der Waals surface area (Å²) in [5.74, 6) is -1.99. The zero-order chi connectivity index (χ0) is 55.5. The Hall–Kier alpha value is -2.75. The van der Waals surface area contributed by atoms with Gasteiger partial charge in [0.25, 0.3) is 6.29 Å². The molecule has 444 valence electrons. The minimum absolute atomic E-state index is 0.181. The number of aliphatic carboxylic acids is 1. The number of carbonyl (C=O) groups excluding carboxylic acids is 2. The Balaban J connectivity index is 4.09. The van der Waals surface area contributed by atoms with Crippen molar-refractivity contribution in [2.45, 2.75) is 315 Å². The molecule has 0 amide bonds. The van der Waals surface area contributed by atoms with Crippen LogP contribution in [0, 0.1) is 0 Å². The minimum Gasteiger partial charge on any atom is -0.477 e. The van der Waals surface area contributed by atoms with Gasteiger partial charge in [-0.25, -0.2) is 4.79 Å². The Morgan fingerprint density at radius 3 is 1.07 bits per heavy atom. The van der Waals surface area contributed by atoms with E-state index in [1.54, 1.807) is 0 Å². The number of hydrogen-bond donors (Lipinski definition) is 1. The number of carboxylic acids is 1. The molecular formula is C67H124NO8+. The second kappa shape index (κ2) is 58.4. The molecular weight excluding hydrogens is 947 g/mol. The van der Waals surface area contributed by atoms with Crippen LogP contribution in [0.1, 0.15) is 303 Å². The molecule has 0 saturated carbocycles. The molecule has 0 aliphatic heterocycles. The monoisotopic (exact) mass is 1070 g/mol. The lowest BCUT2D eigenvalue weighted by molar-refractivity contribution is -0.870. The quantitative estimate of drug-likeness (QED) is 0.0211. The van der Waals surface area contributed by atoms with Gasteiger partial charge in [0, 0.05) is 12.8 Å². The summed E-state index contributed by atoms with van der Waals surface area (Å²) in [6.07, 6.45) is 70.7. The summed E-state index contributed by atoms with van der Waals surface area (Å²) in [6.45, 7) is 4.90. The van der Waals surface area contributed by atoms with E-state index >= 15 is 0 Å². The number of ether oxygens (including phenoxy) is 4. The van der Waals surface area contributed by atoms with Crippen molar-refractivity contribution in [2.75, 3.05) is 47.5 Å². The molecule has 76 heavy (non-hydrogen) atoms. The molecule has 9 nitrogen and oxygen atoms in total. The SMILES string of the molecule is CCCCCCC/C=C\C/C=C\C/C=C\CCCCCCCCCCCCCCCCCCCCC(=O)OC(COC(=O)CCCCCCCCC/C=C\CCCCCCCCC)COC(OCC[N+](C)(C)C)C(=O)O. The number of allylic oxidation sites excluding steroid dienone is 8. The Kier molecular flexibility index (Phi) is 56.3. The molecule has 0 fully saturated rings. The summed E-state index contributed by atoms with van der Waals surface area (Å²) in [5, 5.41) is 9.72. The van der Waals surface area contributed by atoms with Gasteiger partial charge in [0.05, 0.1) is 34.4 Å². The van der Waals surface area contributed by atoms with Gasteiger partial charge in [0.15, 0.2) is 6.10 Å². The molecule has 0 aromatic rings. The average Bonchev–Trinajstić information content (AvgIpc) is 3.39. The summed E-state index contributed by atoms with van der Waals surface area (Å²) in [7, 11) is 5.98. The van der Waals surface area contributed by atoms with Gasteiger partial charge in [-0.2, -0.15) is 0 Å². The third kappa shape index (κ3) is 58.9. The van der Waals surface area contributed by atoms with Crippen LogP contribution in [0.4, 0.5) is 0 Å². The number of quaternary nitrogens is 1. The van der Waals surface area contributed by atoms with Crippen molar-refractivity contribution in [2.24, 2.45) is 0 Å². The summed E-state index contributed by atoms with van der Waals surface area (Å²) in [4.78, 5) is 37.5. The Morgan fingerprint density at radius 1 is 0.395 bits per heavy atom. The Labute approximate surface area is 470 Å². The second-order valence-electron chi connectivity index (χ2n) is 23.1. The smallest absolute Gasteiger partial charge is 0.361 e. The Morgan fingerprint density at radius 2 is 0.711 bits per heavy atom. The third-order valence-corrected chi connectivity index (χ3v) is 14.3. The number of rotatable bonds is 60. The highest BCUT2D eigenvalue weighted by molar-refractivity contribution is 5.71. The first kappa shape index (κ1) is 73.2. The maximum atomic E-state index is 12.9. The van der Waals surface area contributed by atoms with Crippen LogP contribution < -0.4 is 0 Å². The van der Waals surface area contributed by atoms with E-state index in [0.29, 0.717) is 17.4 Å². The number of carbonyl (C=O) groups is 3. The maximum Gasteiger partial charge on any atom is 0.361 e. The van der Waals surface area contributed by atoms with Crippen LogP contribution in [-0.4, -0.2) is 87.4 Å². The normalized spacial score (nSPS) is 13.0. The van der Waals surface area contributed by atoms with Crippen LogP contribution in [0.5, 0.6) is 0 Å². The van der Waals surface area contributed by atoms with Crippen LogP contribution in [0.2, 0.25) is 0 Å². The molecule has 2 atom stereocenters. The van der Waals surface area contributed by atoms with Crippen molar-refractivity contribution in [3.63, 3.8) is 0 Å². The van der Waals surface area contributed by atoms with E-state index in [0.717, 1.165) is 51.4 Å². The number of nitrogens with zero attached hydrogens (tertiary/aromatic N) is 1. The predicted octanol–water partition coefficient (Wildman–Crippen LogP) is 19.4. The van der Waals surface area contributed by atoms with Crippen LogP contribution in [0.25, 0.3) is 0 Å². The number of likely N-dealkylation sites (N-methyl/N-ethyl adjacent to an activating group) is 1. The second-order valence-corrected chi connectivity index (χ2v) is 23.1. The lowest BCUT2D eigenvalue weighted by Gasteiger charge is -2.25. The predicted molar refractivity (Wildman–Crippen MR) is 323 cm³/mol. The third-order valence-electron chi connectivity index (χ3n) is 14.3. The fourth-order valence-electron chi connectivity index (χ4n) is 9.31. The van der Waals surface area contributed by atoms with Crippen molar-refractivity contribution in [3.8, 4) is 0 Å². The average molecular weight is 1070 g/mol. The van der Waals surface area contributed by atoms with Gasteiger partial charge in [-0.05, 0) is 77.0 Å². The number of carboxylic acid groups (broad SMARTS) is 1. The molecule has 0 rings (SSSR count). The molecule has 0 aliphatic rings. The highest BCUT2D eigenvalue weighted by Gasteiger charge is 2.25.